The Labute approximate surface area is 110 Å². The SMILES string of the molecule is COCCc1nc2cccnc2n1-c1ccncc1. The number of aromatic nitrogens is 4. The average molecular weight is 254 g/mol. The normalized spacial score (nSPS) is 11.0. The molecule has 0 atom stereocenters. The third kappa shape index (κ3) is 2.20. The van der Waals surface area contributed by atoms with E-state index in [1.54, 1.807) is 25.7 Å². The molecule has 0 saturated heterocycles. The molecule has 0 aliphatic rings. The average Bonchev–Trinajstić information content (AvgIpc) is 2.84. The highest BCUT2D eigenvalue weighted by Crippen LogP contribution is 2.19. The number of hydrogen-bond donors (Lipinski definition) is 0. The summed E-state index contributed by atoms with van der Waals surface area (Å²) in [6, 6.07) is 7.76. The van der Waals surface area contributed by atoms with Crippen molar-refractivity contribution < 1.29 is 4.74 Å². The molecule has 0 fully saturated rings. The van der Waals surface area contributed by atoms with Crippen molar-refractivity contribution in [2.45, 2.75) is 6.42 Å². The van der Waals surface area contributed by atoms with Gasteiger partial charge in [0.1, 0.15) is 11.3 Å². The molecule has 0 aromatic carbocycles. The lowest BCUT2D eigenvalue weighted by Gasteiger charge is -2.07. The Kier molecular flexibility index (Phi) is 3.20. The number of imidazole rings is 1. The summed E-state index contributed by atoms with van der Waals surface area (Å²) < 4.78 is 7.20. The van der Waals surface area contributed by atoms with Crippen molar-refractivity contribution in [2.24, 2.45) is 0 Å². The van der Waals surface area contributed by atoms with E-state index in [1.807, 2.05) is 24.3 Å². The minimum Gasteiger partial charge on any atom is -0.384 e. The zero-order valence-electron chi connectivity index (χ0n) is 10.7. The molecule has 3 heterocycles. The molecule has 0 radical (unpaired) electrons. The fraction of sp³-hybridized carbons (Fsp3) is 0.214. The molecule has 0 bridgehead atoms. The molecule has 0 spiro atoms. The number of pyridine rings is 2. The fourth-order valence-corrected chi connectivity index (χ4v) is 2.08. The summed E-state index contributed by atoms with van der Waals surface area (Å²) >= 11 is 0. The number of fused-ring (bicyclic) bond motifs is 1. The first-order chi connectivity index (χ1) is 9.40. The standard InChI is InChI=1S/C14H14N4O/c1-19-10-6-13-17-12-3-2-7-16-14(12)18(13)11-4-8-15-9-5-11/h2-5,7-9H,6,10H2,1H3. The van der Waals surface area contributed by atoms with E-state index in [2.05, 4.69) is 19.5 Å². The maximum absolute atomic E-state index is 5.15. The molecule has 3 aromatic rings. The third-order valence-corrected chi connectivity index (χ3v) is 2.94. The maximum Gasteiger partial charge on any atom is 0.164 e. The second-order valence-corrected chi connectivity index (χ2v) is 4.16. The summed E-state index contributed by atoms with van der Waals surface area (Å²) in [5.74, 6) is 0.946. The Morgan fingerprint density at radius 1 is 1.16 bits per heavy atom. The fourth-order valence-electron chi connectivity index (χ4n) is 2.08. The Bertz CT molecular complexity index is 678. The molecule has 3 rings (SSSR count). The molecular weight excluding hydrogens is 240 g/mol. The highest BCUT2D eigenvalue weighted by Gasteiger charge is 2.12. The molecule has 5 heteroatoms. The quantitative estimate of drug-likeness (QED) is 0.714. The van der Waals surface area contributed by atoms with Crippen LogP contribution in [0.3, 0.4) is 0 Å². The lowest BCUT2D eigenvalue weighted by atomic mass is 10.3. The highest BCUT2D eigenvalue weighted by atomic mass is 16.5. The van der Waals surface area contributed by atoms with Gasteiger partial charge in [0.2, 0.25) is 0 Å². The van der Waals surface area contributed by atoms with Crippen molar-refractivity contribution >= 4 is 11.2 Å². The van der Waals surface area contributed by atoms with Crippen LogP contribution in [-0.2, 0) is 11.2 Å². The first-order valence-electron chi connectivity index (χ1n) is 6.12. The molecule has 0 aliphatic carbocycles. The predicted molar refractivity (Wildman–Crippen MR) is 72.2 cm³/mol. The van der Waals surface area contributed by atoms with E-state index in [4.69, 9.17) is 4.74 Å². The minimum absolute atomic E-state index is 0.633. The smallest absolute Gasteiger partial charge is 0.164 e. The zero-order chi connectivity index (χ0) is 13.1. The largest absolute Gasteiger partial charge is 0.384 e. The molecule has 0 amide bonds. The molecule has 3 aromatic heterocycles. The van der Waals surface area contributed by atoms with Crippen LogP contribution < -0.4 is 0 Å². The molecule has 19 heavy (non-hydrogen) atoms. The van der Waals surface area contributed by atoms with Gasteiger partial charge in [-0.15, -0.1) is 0 Å². The van der Waals surface area contributed by atoms with Gasteiger partial charge in [0.05, 0.1) is 12.3 Å². The van der Waals surface area contributed by atoms with E-state index >= 15 is 0 Å². The van der Waals surface area contributed by atoms with Crippen molar-refractivity contribution in [3.05, 3.63) is 48.7 Å². The predicted octanol–water partition coefficient (Wildman–Crippen LogP) is 2.00. The van der Waals surface area contributed by atoms with Gasteiger partial charge in [-0.2, -0.15) is 0 Å². The molecule has 0 aliphatic heterocycles. The topological polar surface area (TPSA) is 52.8 Å². The summed E-state index contributed by atoms with van der Waals surface area (Å²) in [6.45, 7) is 0.633. The molecule has 0 unspecified atom stereocenters. The third-order valence-electron chi connectivity index (χ3n) is 2.94. The van der Waals surface area contributed by atoms with Gasteiger partial charge in [-0.1, -0.05) is 0 Å². The summed E-state index contributed by atoms with van der Waals surface area (Å²) in [7, 11) is 1.69. The minimum atomic E-state index is 0.633. The second-order valence-electron chi connectivity index (χ2n) is 4.16. The van der Waals surface area contributed by atoms with E-state index in [-0.39, 0.29) is 0 Å². The Balaban J connectivity index is 2.19. The second kappa shape index (κ2) is 5.16. The van der Waals surface area contributed by atoms with Crippen molar-refractivity contribution in [3.8, 4) is 5.69 Å². The number of nitrogens with zero attached hydrogens (tertiary/aromatic N) is 4. The monoisotopic (exact) mass is 254 g/mol. The Morgan fingerprint density at radius 3 is 2.79 bits per heavy atom. The van der Waals surface area contributed by atoms with Gasteiger partial charge in [0, 0.05) is 32.1 Å². The van der Waals surface area contributed by atoms with Gasteiger partial charge in [-0.25, -0.2) is 9.97 Å². The number of hydrogen-bond acceptors (Lipinski definition) is 4. The molecule has 0 saturated carbocycles. The van der Waals surface area contributed by atoms with E-state index in [0.29, 0.717) is 6.61 Å². The molecule has 0 N–H and O–H groups in total. The van der Waals surface area contributed by atoms with Gasteiger partial charge in [0.15, 0.2) is 5.65 Å². The zero-order valence-corrected chi connectivity index (χ0v) is 10.7. The van der Waals surface area contributed by atoms with Gasteiger partial charge in [-0.05, 0) is 24.3 Å². The van der Waals surface area contributed by atoms with Gasteiger partial charge < -0.3 is 4.74 Å². The molecule has 5 nitrogen and oxygen atoms in total. The Hall–Kier alpha value is -2.27. The summed E-state index contributed by atoms with van der Waals surface area (Å²) in [4.78, 5) is 13.1. The van der Waals surface area contributed by atoms with E-state index < -0.39 is 0 Å². The van der Waals surface area contributed by atoms with Crippen LogP contribution in [-0.4, -0.2) is 33.2 Å². The lowest BCUT2D eigenvalue weighted by Crippen LogP contribution is -2.05. The summed E-state index contributed by atoms with van der Waals surface area (Å²) in [5.41, 5.74) is 2.77. The van der Waals surface area contributed by atoms with Crippen LogP contribution in [0.2, 0.25) is 0 Å². The number of rotatable bonds is 4. The number of methoxy groups -OCH3 is 1. The Morgan fingerprint density at radius 2 is 2.00 bits per heavy atom. The highest BCUT2D eigenvalue weighted by molar-refractivity contribution is 5.73. The van der Waals surface area contributed by atoms with Crippen molar-refractivity contribution in [2.75, 3.05) is 13.7 Å². The van der Waals surface area contributed by atoms with Crippen LogP contribution in [0, 0.1) is 0 Å². The van der Waals surface area contributed by atoms with Crippen LogP contribution in [0.15, 0.2) is 42.9 Å². The lowest BCUT2D eigenvalue weighted by molar-refractivity contribution is 0.200. The van der Waals surface area contributed by atoms with Crippen LogP contribution in [0.4, 0.5) is 0 Å². The number of ether oxygens (including phenoxy) is 1. The summed E-state index contributed by atoms with van der Waals surface area (Å²) in [6.07, 6.45) is 6.06. The molecule has 96 valence electrons. The maximum atomic E-state index is 5.15. The van der Waals surface area contributed by atoms with Crippen LogP contribution in [0.25, 0.3) is 16.9 Å². The first-order valence-corrected chi connectivity index (χ1v) is 6.12. The van der Waals surface area contributed by atoms with Crippen LogP contribution in [0.1, 0.15) is 5.82 Å². The van der Waals surface area contributed by atoms with Crippen molar-refractivity contribution in [1.82, 2.24) is 19.5 Å². The van der Waals surface area contributed by atoms with E-state index in [0.717, 1.165) is 29.1 Å². The van der Waals surface area contributed by atoms with E-state index in [9.17, 15) is 0 Å². The van der Waals surface area contributed by atoms with Crippen LogP contribution in [0.5, 0.6) is 0 Å². The van der Waals surface area contributed by atoms with Gasteiger partial charge in [0.25, 0.3) is 0 Å². The van der Waals surface area contributed by atoms with Crippen molar-refractivity contribution in [1.29, 1.82) is 0 Å². The van der Waals surface area contributed by atoms with E-state index in [1.165, 1.54) is 0 Å². The van der Waals surface area contributed by atoms with Crippen molar-refractivity contribution in [3.63, 3.8) is 0 Å². The molecular formula is C14H14N4O. The summed E-state index contributed by atoms with van der Waals surface area (Å²) in [5, 5.41) is 0. The van der Waals surface area contributed by atoms with Gasteiger partial charge in [-0.3, -0.25) is 9.55 Å². The first kappa shape index (κ1) is 11.8. The van der Waals surface area contributed by atoms with Gasteiger partial charge >= 0.3 is 0 Å². The van der Waals surface area contributed by atoms with Crippen LogP contribution >= 0.6 is 0 Å².